The van der Waals surface area contributed by atoms with Gasteiger partial charge in [-0.3, -0.25) is 14.5 Å². The Balaban J connectivity index is 1.50. The number of nitrogens with one attached hydrogen (secondary N) is 2. The van der Waals surface area contributed by atoms with Crippen LogP contribution in [0.2, 0.25) is 0 Å². The van der Waals surface area contributed by atoms with Crippen LogP contribution in [0, 0.1) is 13.8 Å². The summed E-state index contributed by atoms with van der Waals surface area (Å²) in [6, 6.07) is 16.6. The summed E-state index contributed by atoms with van der Waals surface area (Å²) in [5.41, 5.74) is 3.35. The van der Waals surface area contributed by atoms with E-state index in [0.29, 0.717) is 16.9 Å². The van der Waals surface area contributed by atoms with E-state index in [9.17, 15) is 14.4 Å². The number of benzene rings is 2. The molecule has 0 spiro atoms. The molecule has 2 N–H and O–H groups in total. The first-order valence-electron chi connectivity index (χ1n) is 11.6. The van der Waals surface area contributed by atoms with Crippen LogP contribution in [0.15, 0.2) is 54.6 Å². The fourth-order valence-electron chi connectivity index (χ4n) is 4.31. The monoisotopic (exact) mass is 473 g/mol. The Kier molecular flexibility index (Phi) is 6.00. The molecule has 1 aromatic heterocycles. The van der Waals surface area contributed by atoms with Gasteiger partial charge in [-0.15, -0.1) is 0 Å². The molecule has 182 valence electrons. The average Bonchev–Trinajstić information content (AvgIpc) is 3.21. The van der Waals surface area contributed by atoms with Crippen LogP contribution in [0.25, 0.3) is 5.69 Å². The van der Waals surface area contributed by atoms with Gasteiger partial charge in [0.2, 0.25) is 5.91 Å². The number of carbonyl (C=O) groups excluding carboxylic acids is 3. The summed E-state index contributed by atoms with van der Waals surface area (Å²) >= 11 is 0. The maximum Gasteiger partial charge on any atom is 0.325 e. The SMILES string of the molecule is Cc1nn(-c2ccccc2)c(C)c1NC(=O)CN1C(=O)NC(C)(c2ccc(C(C)(C)C)cc2)C1=O. The van der Waals surface area contributed by atoms with Crippen LogP contribution in [0.4, 0.5) is 10.5 Å². The Morgan fingerprint density at radius 2 is 1.66 bits per heavy atom. The summed E-state index contributed by atoms with van der Waals surface area (Å²) in [4.78, 5) is 39.8. The predicted octanol–water partition coefficient (Wildman–Crippen LogP) is 4.19. The second-order valence-electron chi connectivity index (χ2n) is 10.1. The number of rotatable bonds is 5. The van der Waals surface area contributed by atoms with Gasteiger partial charge in [0.25, 0.3) is 5.91 Å². The first-order chi connectivity index (χ1) is 16.4. The van der Waals surface area contributed by atoms with Gasteiger partial charge in [0.15, 0.2) is 0 Å². The molecule has 3 aromatic rings. The predicted molar refractivity (Wildman–Crippen MR) is 134 cm³/mol. The number of hydrogen-bond acceptors (Lipinski definition) is 4. The van der Waals surface area contributed by atoms with Gasteiger partial charge < -0.3 is 10.6 Å². The van der Waals surface area contributed by atoms with E-state index in [0.717, 1.165) is 21.8 Å². The summed E-state index contributed by atoms with van der Waals surface area (Å²) in [5.74, 6) is -0.936. The Hall–Kier alpha value is -3.94. The maximum atomic E-state index is 13.3. The molecule has 1 aliphatic rings. The summed E-state index contributed by atoms with van der Waals surface area (Å²) in [7, 11) is 0. The van der Waals surface area contributed by atoms with Crippen LogP contribution in [0.1, 0.15) is 50.2 Å². The zero-order valence-corrected chi connectivity index (χ0v) is 21.0. The minimum absolute atomic E-state index is 0.0307. The fourth-order valence-corrected chi connectivity index (χ4v) is 4.31. The van der Waals surface area contributed by atoms with Crippen LogP contribution in [-0.4, -0.2) is 39.1 Å². The van der Waals surface area contributed by atoms with E-state index >= 15 is 0 Å². The third-order valence-electron chi connectivity index (χ3n) is 6.46. The lowest BCUT2D eigenvalue weighted by molar-refractivity contribution is -0.133. The van der Waals surface area contributed by atoms with E-state index in [1.165, 1.54) is 0 Å². The van der Waals surface area contributed by atoms with E-state index in [-0.39, 0.29) is 5.41 Å². The molecule has 4 rings (SSSR count). The molecule has 1 unspecified atom stereocenters. The van der Waals surface area contributed by atoms with Crippen molar-refractivity contribution in [2.75, 3.05) is 11.9 Å². The summed E-state index contributed by atoms with van der Waals surface area (Å²) in [5, 5.41) is 10.1. The fraction of sp³-hybridized carbons (Fsp3) is 0.333. The van der Waals surface area contributed by atoms with Gasteiger partial charge in [0, 0.05) is 0 Å². The minimum atomic E-state index is -1.24. The zero-order chi connectivity index (χ0) is 25.5. The van der Waals surface area contributed by atoms with Gasteiger partial charge in [-0.2, -0.15) is 5.10 Å². The summed E-state index contributed by atoms with van der Waals surface area (Å²) in [6.07, 6.45) is 0. The largest absolute Gasteiger partial charge is 0.325 e. The highest BCUT2D eigenvalue weighted by Gasteiger charge is 2.49. The molecule has 8 nitrogen and oxygen atoms in total. The Bertz CT molecular complexity index is 1290. The number of para-hydroxylation sites is 1. The van der Waals surface area contributed by atoms with Crippen molar-refractivity contribution in [1.82, 2.24) is 20.0 Å². The third kappa shape index (κ3) is 4.43. The van der Waals surface area contributed by atoms with Gasteiger partial charge in [0.05, 0.1) is 22.8 Å². The maximum absolute atomic E-state index is 13.3. The molecule has 1 atom stereocenters. The smallest absolute Gasteiger partial charge is 0.321 e. The molecule has 4 amide bonds. The molecule has 35 heavy (non-hydrogen) atoms. The lowest BCUT2D eigenvalue weighted by atomic mass is 9.84. The zero-order valence-electron chi connectivity index (χ0n) is 21.0. The number of aryl methyl sites for hydroxylation is 1. The normalized spacial score (nSPS) is 18.1. The second-order valence-corrected chi connectivity index (χ2v) is 10.1. The molecule has 0 aliphatic carbocycles. The molecular formula is C27H31N5O3. The van der Waals surface area contributed by atoms with E-state index in [1.807, 2.05) is 61.5 Å². The number of amides is 4. The second kappa shape index (κ2) is 8.69. The van der Waals surface area contributed by atoms with Crippen LogP contribution in [-0.2, 0) is 20.5 Å². The van der Waals surface area contributed by atoms with Gasteiger partial charge in [-0.05, 0) is 49.4 Å². The standard InChI is InChI=1S/C27H31N5O3/c1-17-23(18(2)32(30-17)21-10-8-7-9-11-21)28-22(33)16-31-24(34)27(6,29-25(31)35)20-14-12-19(13-15-20)26(3,4)5/h7-15H,16H2,1-6H3,(H,28,33)(H,29,35). The number of carbonyl (C=O) groups is 3. The lowest BCUT2D eigenvalue weighted by Gasteiger charge is -2.24. The minimum Gasteiger partial charge on any atom is -0.321 e. The molecule has 1 fully saturated rings. The van der Waals surface area contributed by atoms with Crippen molar-refractivity contribution < 1.29 is 14.4 Å². The quantitative estimate of drug-likeness (QED) is 0.543. The van der Waals surface area contributed by atoms with Gasteiger partial charge in [-0.25, -0.2) is 9.48 Å². The highest BCUT2D eigenvalue weighted by Crippen LogP contribution is 2.31. The highest BCUT2D eigenvalue weighted by molar-refractivity contribution is 6.10. The lowest BCUT2D eigenvalue weighted by Crippen LogP contribution is -2.42. The third-order valence-corrected chi connectivity index (χ3v) is 6.46. The summed E-state index contributed by atoms with van der Waals surface area (Å²) < 4.78 is 1.75. The van der Waals surface area contributed by atoms with Crippen LogP contribution < -0.4 is 10.6 Å². The number of aromatic nitrogens is 2. The van der Waals surface area contributed by atoms with E-state index < -0.39 is 29.9 Å². The number of hydrogen-bond donors (Lipinski definition) is 2. The van der Waals surface area contributed by atoms with Gasteiger partial charge in [0.1, 0.15) is 12.1 Å². The first-order valence-corrected chi connectivity index (χ1v) is 11.6. The topological polar surface area (TPSA) is 96.3 Å². The Labute approximate surface area is 205 Å². The van der Waals surface area contributed by atoms with E-state index in [4.69, 9.17) is 0 Å². The van der Waals surface area contributed by atoms with Crippen molar-refractivity contribution >= 4 is 23.5 Å². The highest BCUT2D eigenvalue weighted by atomic mass is 16.2. The van der Waals surface area contributed by atoms with Crippen molar-refractivity contribution in [3.05, 3.63) is 77.1 Å². The number of anilines is 1. The molecule has 2 aromatic carbocycles. The van der Waals surface area contributed by atoms with Crippen molar-refractivity contribution in [3.63, 3.8) is 0 Å². The van der Waals surface area contributed by atoms with E-state index in [1.54, 1.807) is 18.5 Å². The molecule has 8 heteroatoms. The molecule has 1 aliphatic heterocycles. The first kappa shape index (κ1) is 24.2. The van der Waals surface area contributed by atoms with Crippen molar-refractivity contribution in [3.8, 4) is 5.69 Å². The van der Waals surface area contributed by atoms with Crippen molar-refractivity contribution in [2.24, 2.45) is 0 Å². The Morgan fingerprint density at radius 1 is 1.03 bits per heavy atom. The molecule has 0 bridgehead atoms. The number of imide groups is 1. The summed E-state index contributed by atoms with van der Waals surface area (Å²) in [6.45, 7) is 11.3. The van der Waals surface area contributed by atoms with Crippen LogP contribution in [0.3, 0.4) is 0 Å². The van der Waals surface area contributed by atoms with Crippen LogP contribution >= 0.6 is 0 Å². The van der Waals surface area contributed by atoms with Crippen molar-refractivity contribution in [2.45, 2.75) is 52.5 Å². The molecule has 0 radical (unpaired) electrons. The number of urea groups is 1. The molecule has 2 heterocycles. The Morgan fingerprint density at radius 3 is 2.26 bits per heavy atom. The van der Waals surface area contributed by atoms with Crippen LogP contribution in [0.5, 0.6) is 0 Å². The average molecular weight is 474 g/mol. The van der Waals surface area contributed by atoms with Crippen molar-refractivity contribution in [1.29, 1.82) is 0 Å². The van der Waals surface area contributed by atoms with Gasteiger partial charge >= 0.3 is 6.03 Å². The molecule has 0 saturated carbocycles. The van der Waals surface area contributed by atoms with E-state index in [2.05, 4.69) is 36.5 Å². The number of nitrogens with zero attached hydrogens (tertiary/aromatic N) is 3. The molecule has 1 saturated heterocycles. The van der Waals surface area contributed by atoms with Gasteiger partial charge in [-0.1, -0.05) is 63.2 Å². The molecular weight excluding hydrogens is 442 g/mol.